The third kappa shape index (κ3) is 5.21. The Labute approximate surface area is 116 Å². The summed E-state index contributed by atoms with van der Waals surface area (Å²) >= 11 is 0. The van der Waals surface area contributed by atoms with E-state index in [0.29, 0.717) is 12.3 Å². The van der Waals surface area contributed by atoms with E-state index in [4.69, 9.17) is 5.11 Å². The van der Waals surface area contributed by atoms with E-state index in [2.05, 4.69) is 26.1 Å². The molecule has 0 unspecified atom stereocenters. The van der Waals surface area contributed by atoms with Crippen molar-refractivity contribution in [1.82, 2.24) is 5.32 Å². The maximum Gasteiger partial charge on any atom is 0.120 e. The first-order chi connectivity index (χ1) is 8.85. The molecule has 0 saturated carbocycles. The number of nitrogens with one attached hydrogen (secondary N) is 1. The fourth-order valence-electron chi connectivity index (χ4n) is 2.00. The maximum absolute atomic E-state index is 9.87. The van der Waals surface area contributed by atoms with Gasteiger partial charge in [-0.1, -0.05) is 19.9 Å². The van der Waals surface area contributed by atoms with Gasteiger partial charge < -0.3 is 15.5 Å². The summed E-state index contributed by atoms with van der Waals surface area (Å²) in [5.74, 6) is 0.367. The molecule has 19 heavy (non-hydrogen) atoms. The predicted octanol–water partition coefficient (Wildman–Crippen LogP) is 2.90. The van der Waals surface area contributed by atoms with Gasteiger partial charge in [-0.05, 0) is 55.8 Å². The van der Waals surface area contributed by atoms with Gasteiger partial charge in [0.15, 0.2) is 0 Å². The molecule has 0 aliphatic heterocycles. The number of phenols is 1. The zero-order valence-electron chi connectivity index (χ0n) is 12.6. The monoisotopic (exact) mass is 265 g/mol. The van der Waals surface area contributed by atoms with Crippen molar-refractivity contribution in [2.75, 3.05) is 13.2 Å². The number of hydrogen-bond acceptors (Lipinski definition) is 3. The summed E-state index contributed by atoms with van der Waals surface area (Å²) < 4.78 is 0. The molecule has 0 fully saturated rings. The fourth-order valence-corrected chi connectivity index (χ4v) is 2.00. The van der Waals surface area contributed by atoms with Crippen LogP contribution < -0.4 is 5.32 Å². The Morgan fingerprint density at radius 1 is 1.16 bits per heavy atom. The maximum atomic E-state index is 9.87. The molecule has 0 aromatic heterocycles. The number of aliphatic hydroxyl groups is 1. The van der Waals surface area contributed by atoms with Gasteiger partial charge in [0.05, 0.1) is 0 Å². The third-order valence-electron chi connectivity index (χ3n) is 3.65. The molecule has 0 spiro atoms. The highest BCUT2D eigenvalue weighted by atomic mass is 16.3. The minimum absolute atomic E-state index is 0.00423. The van der Waals surface area contributed by atoms with Crippen LogP contribution in [-0.2, 0) is 6.54 Å². The second kappa shape index (κ2) is 6.92. The standard InChI is InChI=1S/C16H27NO2/c1-12-8-14(15(19)9-13(12)2)10-17-7-5-6-16(3,4)11-18/h8-9,17-19H,5-7,10-11H2,1-4H3. The van der Waals surface area contributed by atoms with Gasteiger partial charge in [-0.2, -0.15) is 0 Å². The summed E-state index contributed by atoms with van der Waals surface area (Å²) in [6, 6.07) is 3.86. The van der Waals surface area contributed by atoms with E-state index in [0.717, 1.165) is 30.5 Å². The van der Waals surface area contributed by atoms with Gasteiger partial charge in [0, 0.05) is 18.7 Å². The number of aryl methyl sites for hydroxylation is 2. The van der Waals surface area contributed by atoms with Crippen LogP contribution in [0.1, 0.15) is 43.4 Å². The van der Waals surface area contributed by atoms with E-state index in [9.17, 15) is 5.11 Å². The van der Waals surface area contributed by atoms with Gasteiger partial charge in [-0.15, -0.1) is 0 Å². The van der Waals surface area contributed by atoms with Gasteiger partial charge >= 0.3 is 0 Å². The molecule has 0 bridgehead atoms. The molecule has 0 aliphatic carbocycles. The summed E-state index contributed by atoms with van der Waals surface area (Å²) in [5.41, 5.74) is 3.27. The normalized spacial score (nSPS) is 11.8. The van der Waals surface area contributed by atoms with Crippen molar-refractivity contribution in [2.45, 2.75) is 47.1 Å². The van der Waals surface area contributed by atoms with Crippen molar-refractivity contribution < 1.29 is 10.2 Å². The lowest BCUT2D eigenvalue weighted by molar-refractivity contribution is 0.148. The van der Waals surface area contributed by atoms with Crippen LogP contribution in [0.4, 0.5) is 0 Å². The van der Waals surface area contributed by atoms with Gasteiger partial charge in [0.2, 0.25) is 0 Å². The third-order valence-corrected chi connectivity index (χ3v) is 3.65. The van der Waals surface area contributed by atoms with E-state index in [-0.39, 0.29) is 12.0 Å². The number of rotatable bonds is 7. The van der Waals surface area contributed by atoms with E-state index in [1.165, 1.54) is 5.56 Å². The Bertz CT molecular complexity index is 413. The van der Waals surface area contributed by atoms with E-state index >= 15 is 0 Å². The zero-order chi connectivity index (χ0) is 14.5. The van der Waals surface area contributed by atoms with Crippen molar-refractivity contribution in [3.63, 3.8) is 0 Å². The molecule has 1 aromatic carbocycles. The molecular weight excluding hydrogens is 238 g/mol. The van der Waals surface area contributed by atoms with Gasteiger partial charge in [0.1, 0.15) is 5.75 Å². The van der Waals surface area contributed by atoms with Crippen molar-refractivity contribution in [2.24, 2.45) is 5.41 Å². The molecule has 0 aliphatic rings. The van der Waals surface area contributed by atoms with Crippen LogP contribution in [-0.4, -0.2) is 23.4 Å². The Kier molecular flexibility index (Phi) is 5.83. The molecule has 1 rings (SSSR count). The largest absolute Gasteiger partial charge is 0.508 e. The van der Waals surface area contributed by atoms with Crippen LogP contribution >= 0.6 is 0 Å². The summed E-state index contributed by atoms with van der Waals surface area (Å²) in [6.45, 7) is 10.0. The Morgan fingerprint density at radius 2 is 1.79 bits per heavy atom. The van der Waals surface area contributed by atoms with E-state index < -0.39 is 0 Å². The van der Waals surface area contributed by atoms with E-state index in [1.54, 1.807) is 0 Å². The van der Waals surface area contributed by atoms with Crippen molar-refractivity contribution in [3.05, 3.63) is 28.8 Å². The quantitative estimate of drug-likeness (QED) is 0.664. The van der Waals surface area contributed by atoms with Crippen LogP contribution in [0.25, 0.3) is 0 Å². The molecule has 0 heterocycles. The molecule has 0 amide bonds. The molecule has 0 atom stereocenters. The van der Waals surface area contributed by atoms with E-state index in [1.807, 2.05) is 19.1 Å². The molecule has 3 nitrogen and oxygen atoms in total. The Balaban J connectivity index is 2.36. The lowest BCUT2D eigenvalue weighted by Gasteiger charge is -2.21. The summed E-state index contributed by atoms with van der Waals surface area (Å²) in [4.78, 5) is 0. The highest BCUT2D eigenvalue weighted by Crippen LogP contribution is 2.22. The lowest BCUT2D eigenvalue weighted by Crippen LogP contribution is -2.21. The van der Waals surface area contributed by atoms with Crippen molar-refractivity contribution in [3.8, 4) is 5.75 Å². The summed E-state index contributed by atoms with van der Waals surface area (Å²) in [7, 11) is 0. The topological polar surface area (TPSA) is 52.5 Å². The SMILES string of the molecule is Cc1cc(O)c(CNCCCC(C)(C)CO)cc1C. The first-order valence-corrected chi connectivity index (χ1v) is 6.96. The number of hydrogen-bond donors (Lipinski definition) is 3. The lowest BCUT2D eigenvalue weighted by atomic mass is 9.89. The molecular formula is C16H27NO2. The van der Waals surface area contributed by atoms with Gasteiger partial charge in [-0.3, -0.25) is 0 Å². The average molecular weight is 265 g/mol. The van der Waals surface area contributed by atoms with Crippen LogP contribution in [0.3, 0.4) is 0 Å². The second-order valence-electron chi connectivity index (χ2n) is 6.17. The average Bonchev–Trinajstić information content (AvgIpc) is 2.35. The van der Waals surface area contributed by atoms with Crippen LogP contribution in [0.15, 0.2) is 12.1 Å². The fraction of sp³-hybridized carbons (Fsp3) is 0.625. The van der Waals surface area contributed by atoms with Crippen molar-refractivity contribution in [1.29, 1.82) is 0 Å². The second-order valence-corrected chi connectivity index (χ2v) is 6.17. The molecule has 3 heteroatoms. The minimum atomic E-state index is 0.00423. The Hall–Kier alpha value is -1.06. The van der Waals surface area contributed by atoms with Crippen molar-refractivity contribution >= 4 is 0 Å². The molecule has 3 N–H and O–H groups in total. The number of aliphatic hydroxyl groups excluding tert-OH is 1. The Morgan fingerprint density at radius 3 is 2.42 bits per heavy atom. The minimum Gasteiger partial charge on any atom is -0.508 e. The first-order valence-electron chi connectivity index (χ1n) is 6.96. The molecule has 1 aromatic rings. The first kappa shape index (κ1) is 16.0. The molecule has 0 saturated heterocycles. The zero-order valence-corrected chi connectivity index (χ0v) is 12.6. The molecule has 0 radical (unpaired) electrons. The van der Waals surface area contributed by atoms with Gasteiger partial charge in [0.25, 0.3) is 0 Å². The number of phenolic OH excluding ortho intramolecular Hbond substituents is 1. The highest BCUT2D eigenvalue weighted by molar-refractivity contribution is 5.40. The van der Waals surface area contributed by atoms with Gasteiger partial charge in [-0.25, -0.2) is 0 Å². The number of aromatic hydroxyl groups is 1. The summed E-state index contributed by atoms with van der Waals surface area (Å²) in [6.07, 6.45) is 2.02. The highest BCUT2D eigenvalue weighted by Gasteiger charge is 2.15. The summed E-state index contributed by atoms with van der Waals surface area (Å²) in [5, 5.41) is 22.4. The smallest absolute Gasteiger partial charge is 0.120 e. The molecule has 108 valence electrons. The van der Waals surface area contributed by atoms with Crippen LogP contribution in [0.5, 0.6) is 5.75 Å². The number of benzene rings is 1. The predicted molar refractivity (Wildman–Crippen MR) is 79.4 cm³/mol. The van der Waals surface area contributed by atoms with Crippen LogP contribution in [0, 0.1) is 19.3 Å². The van der Waals surface area contributed by atoms with Crippen LogP contribution in [0.2, 0.25) is 0 Å².